The summed E-state index contributed by atoms with van der Waals surface area (Å²) < 4.78 is 4.43. The quantitative estimate of drug-likeness (QED) is 0.476. The van der Waals surface area contributed by atoms with Crippen LogP contribution in [0.2, 0.25) is 0 Å². The number of rotatable bonds is 2. The number of ether oxygens (including phenoxy) is 1. The molecule has 0 aromatic rings. The van der Waals surface area contributed by atoms with Crippen LogP contribution >= 0.6 is 0 Å². The van der Waals surface area contributed by atoms with Gasteiger partial charge in [0.05, 0.1) is 6.61 Å². The molecule has 40 valence electrons. The van der Waals surface area contributed by atoms with Crippen molar-refractivity contribution in [2.45, 2.75) is 13.3 Å². The molecule has 0 aliphatic heterocycles. The van der Waals surface area contributed by atoms with Crippen LogP contribution in [0.25, 0.3) is 0 Å². The fraction of sp³-hybridized carbons (Fsp3) is 0.600. The molecule has 0 rings (SSSR count). The lowest BCUT2D eigenvalue weighted by molar-refractivity contribution is -0.142. The molecule has 0 aliphatic carbocycles. The van der Waals surface area contributed by atoms with Gasteiger partial charge in [-0.15, -0.1) is 0 Å². The van der Waals surface area contributed by atoms with Crippen molar-refractivity contribution in [2.24, 2.45) is 0 Å². The highest BCUT2D eigenvalue weighted by Gasteiger charge is 1.91. The van der Waals surface area contributed by atoms with Gasteiger partial charge in [-0.3, -0.25) is 4.79 Å². The van der Waals surface area contributed by atoms with Gasteiger partial charge in [0.1, 0.15) is 0 Å². The monoisotopic (exact) mass is 100 g/mol. The third-order valence-electron chi connectivity index (χ3n) is 0.472. The Balaban J connectivity index is 3.00. The maximum absolute atomic E-state index is 10.1. The molecule has 2 nitrogen and oxygen atoms in total. The summed E-state index contributed by atoms with van der Waals surface area (Å²) in [6.07, 6.45) is -0.0200. The Hall–Kier alpha value is -0.530. The Morgan fingerprint density at radius 1 is 1.86 bits per heavy atom. The molecular weight excluding hydrogens is 92.1 g/mol. The topological polar surface area (TPSA) is 26.3 Å². The van der Waals surface area contributed by atoms with E-state index in [1.54, 1.807) is 6.92 Å². The summed E-state index contributed by atoms with van der Waals surface area (Å²) >= 11 is 0. The van der Waals surface area contributed by atoms with E-state index >= 15 is 0 Å². The molecule has 0 saturated carbocycles. The Kier molecular flexibility index (Phi) is 3.38. The lowest BCUT2D eigenvalue weighted by Gasteiger charge is -1.93. The van der Waals surface area contributed by atoms with Gasteiger partial charge in [-0.1, -0.05) is 0 Å². The number of hydrogen-bond donors (Lipinski definition) is 0. The fourth-order valence-electron chi connectivity index (χ4n) is 0.220. The zero-order chi connectivity index (χ0) is 5.70. The lowest BCUT2D eigenvalue weighted by atomic mass is 10.5. The number of hydrogen-bond acceptors (Lipinski definition) is 2. The van der Waals surface area contributed by atoms with E-state index in [1.165, 1.54) is 0 Å². The van der Waals surface area contributed by atoms with Crippen molar-refractivity contribution in [3.63, 3.8) is 0 Å². The second kappa shape index (κ2) is 3.65. The van der Waals surface area contributed by atoms with Crippen molar-refractivity contribution in [3.8, 4) is 0 Å². The maximum atomic E-state index is 10.1. The van der Waals surface area contributed by atoms with Crippen LogP contribution in [0.15, 0.2) is 0 Å². The van der Waals surface area contributed by atoms with Crippen LogP contribution in [-0.2, 0) is 9.53 Å². The molecule has 0 heterocycles. The molecular formula is C5H8O2. The van der Waals surface area contributed by atoms with E-state index in [1.807, 2.05) is 0 Å². The van der Waals surface area contributed by atoms with E-state index in [2.05, 4.69) is 4.74 Å². The molecule has 0 fully saturated rings. The predicted molar refractivity (Wildman–Crippen MR) is 25.5 cm³/mol. The Morgan fingerprint density at radius 3 is 2.57 bits per heavy atom. The molecule has 0 saturated heterocycles. The molecule has 0 aromatic heterocycles. The molecule has 2 radical (unpaired) electrons. The minimum atomic E-state index is -0.345. The highest BCUT2D eigenvalue weighted by molar-refractivity contribution is 5.69. The Labute approximate surface area is 43.5 Å². The summed E-state index contributed by atoms with van der Waals surface area (Å²) in [6.45, 7) is 7.04. The van der Waals surface area contributed by atoms with Crippen LogP contribution < -0.4 is 0 Å². The smallest absolute Gasteiger partial charge is 0.306 e. The van der Waals surface area contributed by atoms with Crippen LogP contribution in [0, 0.1) is 6.92 Å². The summed E-state index contributed by atoms with van der Waals surface area (Å²) in [5.74, 6) is -0.345. The van der Waals surface area contributed by atoms with Crippen molar-refractivity contribution in [1.82, 2.24) is 0 Å². The first kappa shape index (κ1) is 6.47. The third kappa shape index (κ3) is 3.30. The maximum Gasteiger partial charge on any atom is 0.306 e. The molecule has 0 aromatic carbocycles. The molecule has 0 aliphatic rings. The van der Waals surface area contributed by atoms with Crippen molar-refractivity contribution in [2.75, 3.05) is 6.61 Å². The standard InChI is InChI=1S/C5H8O2/c1-3-5(6)7-4-2/h1H,3-4H2,2H3. The van der Waals surface area contributed by atoms with Gasteiger partial charge in [-0.2, -0.15) is 0 Å². The zero-order valence-electron chi connectivity index (χ0n) is 4.31. The molecule has 0 bridgehead atoms. The normalized spacial score (nSPS) is 8.29. The minimum Gasteiger partial charge on any atom is -0.466 e. The average Bonchev–Trinajstić information content (AvgIpc) is 1.68. The average molecular weight is 100 g/mol. The van der Waals surface area contributed by atoms with Gasteiger partial charge in [-0.05, 0) is 13.8 Å². The molecule has 2 heteroatoms. The van der Waals surface area contributed by atoms with Gasteiger partial charge >= 0.3 is 5.97 Å². The van der Waals surface area contributed by atoms with Crippen LogP contribution in [0.4, 0.5) is 0 Å². The van der Waals surface area contributed by atoms with E-state index in [0.29, 0.717) is 6.61 Å². The fourth-order valence-corrected chi connectivity index (χ4v) is 0.220. The van der Waals surface area contributed by atoms with E-state index in [9.17, 15) is 4.79 Å². The molecule has 0 atom stereocenters. The Bertz CT molecular complexity index is 59.1. The van der Waals surface area contributed by atoms with E-state index in [0.717, 1.165) is 0 Å². The number of esters is 1. The Morgan fingerprint density at radius 2 is 2.43 bits per heavy atom. The highest BCUT2D eigenvalue weighted by atomic mass is 16.5. The van der Waals surface area contributed by atoms with E-state index in [4.69, 9.17) is 6.92 Å². The van der Waals surface area contributed by atoms with Gasteiger partial charge < -0.3 is 4.74 Å². The van der Waals surface area contributed by atoms with E-state index in [-0.39, 0.29) is 12.4 Å². The van der Waals surface area contributed by atoms with Crippen molar-refractivity contribution >= 4 is 5.97 Å². The first-order valence-electron chi connectivity index (χ1n) is 2.17. The van der Waals surface area contributed by atoms with E-state index < -0.39 is 0 Å². The zero-order valence-corrected chi connectivity index (χ0v) is 4.31. The molecule has 0 N–H and O–H groups in total. The van der Waals surface area contributed by atoms with Gasteiger partial charge in [0, 0.05) is 6.42 Å². The summed E-state index contributed by atoms with van der Waals surface area (Å²) in [4.78, 5) is 10.1. The first-order valence-corrected chi connectivity index (χ1v) is 2.17. The van der Waals surface area contributed by atoms with Crippen LogP contribution in [0.1, 0.15) is 13.3 Å². The van der Waals surface area contributed by atoms with Crippen LogP contribution in [-0.4, -0.2) is 12.6 Å². The summed E-state index contributed by atoms with van der Waals surface area (Å²) in [5, 5.41) is 0. The second-order valence-electron chi connectivity index (χ2n) is 1.01. The molecule has 7 heavy (non-hydrogen) atoms. The molecule has 0 amide bonds. The second-order valence-corrected chi connectivity index (χ2v) is 1.01. The number of carbonyl (C=O) groups is 1. The number of carbonyl (C=O) groups excluding carboxylic acids is 1. The van der Waals surface area contributed by atoms with Crippen molar-refractivity contribution in [3.05, 3.63) is 6.92 Å². The summed E-state index contributed by atoms with van der Waals surface area (Å²) in [6, 6.07) is 0. The molecule has 0 unspecified atom stereocenters. The van der Waals surface area contributed by atoms with Crippen molar-refractivity contribution < 1.29 is 9.53 Å². The van der Waals surface area contributed by atoms with Crippen LogP contribution in [0.5, 0.6) is 0 Å². The SMILES string of the molecule is [CH]CC(=O)OCC. The highest BCUT2D eigenvalue weighted by Crippen LogP contribution is 1.80. The van der Waals surface area contributed by atoms with Gasteiger partial charge in [0.15, 0.2) is 0 Å². The third-order valence-corrected chi connectivity index (χ3v) is 0.472. The first-order chi connectivity index (χ1) is 3.31. The van der Waals surface area contributed by atoms with Crippen molar-refractivity contribution in [1.29, 1.82) is 0 Å². The molecule has 0 spiro atoms. The van der Waals surface area contributed by atoms with Gasteiger partial charge in [-0.25, -0.2) is 0 Å². The predicted octanol–water partition coefficient (Wildman–Crippen LogP) is 0.651. The summed E-state index contributed by atoms with van der Waals surface area (Å²) in [7, 11) is 0. The largest absolute Gasteiger partial charge is 0.466 e. The minimum absolute atomic E-state index is 0.0200. The van der Waals surface area contributed by atoms with Gasteiger partial charge in [0.25, 0.3) is 0 Å². The lowest BCUT2D eigenvalue weighted by Crippen LogP contribution is -2.00. The van der Waals surface area contributed by atoms with Crippen LogP contribution in [0.3, 0.4) is 0 Å². The summed E-state index contributed by atoms with van der Waals surface area (Å²) in [5.41, 5.74) is 0. The van der Waals surface area contributed by atoms with Gasteiger partial charge in [0.2, 0.25) is 0 Å².